The molecule has 10 atom stereocenters. The van der Waals surface area contributed by atoms with Crippen LogP contribution in [0, 0.1) is 0 Å². The van der Waals surface area contributed by atoms with Crippen LogP contribution in [0.5, 0.6) is 0 Å². The minimum atomic E-state index is -5.39. The van der Waals surface area contributed by atoms with Crippen LogP contribution in [-0.2, 0) is 32.0 Å². The molecule has 3 aromatic rings. The van der Waals surface area contributed by atoms with Gasteiger partial charge < -0.3 is 51.2 Å². The van der Waals surface area contributed by atoms with Crippen LogP contribution >= 0.6 is 27.4 Å². The summed E-state index contributed by atoms with van der Waals surface area (Å²) in [6.07, 6.45) is -6.97. The Labute approximate surface area is 276 Å². The molecule has 48 heavy (non-hydrogen) atoms. The van der Waals surface area contributed by atoms with E-state index in [1.165, 1.54) is 51.6 Å². The molecule has 5 rings (SSSR count). The van der Waals surface area contributed by atoms with E-state index >= 15 is 0 Å². The van der Waals surface area contributed by atoms with Crippen LogP contribution in [0.25, 0.3) is 11.2 Å². The van der Waals surface area contributed by atoms with E-state index < -0.39 is 83.8 Å². The van der Waals surface area contributed by atoms with E-state index in [9.17, 15) is 44.1 Å². The zero-order chi connectivity index (χ0) is 35.0. The maximum atomic E-state index is 12.6. The number of hydrogen-bond donors (Lipinski definition) is 8. The van der Waals surface area contributed by atoms with Gasteiger partial charge in [-0.05, 0) is 18.6 Å². The van der Waals surface area contributed by atoms with Gasteiger partial charge in [0.2, 0.25) is 0 Å². The van der Waals surface area contributed by atoms with Crippen molar-refractivity contribution in [2.75, 3.05) is 24.7 Å². The number of phosphoric acid groups is 2. The lowest BCUT2D eigenvalue weighted by atomic mass is 10.1. The fraction of sp³-hybridized carbons (Fsp3) is 0.520. The molecule has 23 heteroatoms. The molecule has 2 fully saturated rings. The third kappa shape index (κ3) is 7.90. The largest absolute Gasteiger partial charge is 0.481 e. The maximum Gasteiger partial charge on any atom is 0.481 e. The number of aromatic nitrogens is 4. The van der Waals surface area contributed by atoms with E-state index in [2.05, 4.69) is 14.3 Å². The van der Waals surface area contributed by atoms with Gasteiger partial charge in [-0.1, -0.05) is 18.7 Å². The number of primary amides is 1. The van der Waals surface area contributed by atoms with Crippen LogP contribution < -0.4 is 16.0 Å². The van der Waals surface area contributed by atoms with Crippen molar-refractivity contribution in [3.05, 3.63) is 42.4 Å². The summed E-state index contributed by atoms with van der Waals surface area (Å²) in [7, 11) is -10.8. The first-order valence-electron chi connectivity index (χ1n) is 14.4. The monoisotopic (exact) mass is 737 g/mol. The van der Waals surface area contributed by atoms with E-state index in [0.717, 1.165) is 6.42 Å². The van der Waals surface area contributed by atoms with E-state index in [1.807, 2.05) is 6.92 Å². The van der Waals surface area contributed by atoms with Gasteiger partial charge in [-0.2, -0.15) is 8.88 Å². The highest BCUT2D eigenvalue weighted by molar-refractivity contribution is 7.99. The first-order chi connectivity index (χ1) is 22.6. The molecule has 0 aromatic carbocycles. The van der Waals surface area contributed by atoms with Gasteiger partial charge in [0.1, 0.15) is 41.6 Å². The fourth-order valence-electron chi connectivity index (χ4n) is 5.02. The first-order valence-corrected chi connectivity index (χ1v) is 18.3. The van der Waals surface area contributed by atoms with Crippen LogP contribution in [0.1, 0.15) is 36.2 Å². The van der Waals surface area contributed by atoms with Crippen LogP contribution in [0.15, 0.2) is 41.9 Å². The van der Waals surface area contributed by atoms with Gasteiger partial charge in [0.25, 0.3) is 12.1 Å². The molecular weight excluding hydrogens is 702 g/mol. The first kappa shape index (κ1) is 36.7. The van der Waals surface area contributed by atoms with E-state index in [1.54, 1.807) is 6.07 Å². The molecule has 2 saturated heterocycles. The normalized spacial score (nSPS) is 30.0. The van der Waals surface area contributed by atoms with Gasteiger partial charge >= 0.3 is 15.6 Å². The number of anilines is 1. The topological polar surface area (TPSA) is 305 Å². The Hall–Kier alpha value is -2.59. The molecule has 4 unspecified atom stereocenters. The summed E-state index contributed by atoms with van der Waals surface area (Å²) in [5, 5.41) is 42.8. The minimum Gasteiger partial charge on any atom is -0.397 e. The van der Waals surface area contributed by atoms with Crippen molar-refractivity contribution < 1.29 is 71.5 Å². The number of thioether (sulfide) groups is 1. The zero-order valence-corrected chi connectivity index (χ0v) is 27.7. The van der Waals surface area contributed by atoms with E-state index in [0.29, 0.717) is 22.1 Å². The van der Waals surface area contributed by atoms with Gasteiger partial charge in [0.15, 0.2) is 35.5 Å². The van der Waals surface area contributed by atoms with Crippen molar-refractivity contribution in [1.82, 2.24) is 14.5 Å². The van der Waals surface area contributed by atoms with Crippen molar-refractivity contribution >= 4 is 50.2 Å². The number of aliphatic hydroxyl groups excluding tert-OH is 4. The molecule has 0 saturated carbocycles. The van der Waals surface area contributed by atoms with Gasteiger partial charge in [-0.25, -0.2) is 19.1 Å². The molecule has 2 aliphatic heterocycles. The minimum absolute atomic E-state index is 0.0724. The van der Waals surface area contributed by atoms with Crippen LogP contribution in [-0.4, -0.2) is 106 Å². The summed E-state index contributed by atoms with van der Waals surface area (Å²) in [4.78, 5) is 40.5. The molecule has 20 nitrogen and oxygen atoms in total. The number of carbonyl (C=O) groups is 1. The average molecular weight is 738 g/mol. The lowest BCUT2D eigenvalue weighted by Gasteiger charge is -2.20. The zero-order valence-electron chi connectivity index (χ0n) is 25.1. The standard InChI is InChI=1S/C25H34N6O14P2S/c1-2-8-48-25-29-16-13(26)5-6-28-22(16)31(25)24-20(35)18(33)15(44-24)11-42-47(39,40)45-46(37,38)41-10-14-17(32)19(34)23(43-14)30-7-3-4-12(9-30)21(27)36/h3-7,9,14-15,17-20,23-24,32-35H,2,8,10-11H2,1H3,(H5-,26,27,28,36,37,38,39,40)/p+1/t14-,15+,17?,18-,19+,20?,23-,24+/m0/s1. The van der Waals surface area contributed by atoms with Crippen LogP contribution in [0.2, 0.25) is 0 Å². The number of fused-ring (bicyclic) bond motifs is 1. The predicted molar refractivity (Wildman–Crippen MR) is 163 cm³/mol. The fourth-order valence-corrected chi connectivity index (χ4v) is 7.98. The molecule has 264 valence electrons. The quantitative estimate of drug-likeness (QED) is 0.0564. The molecule has 0 radical (unpaired) electrons. The number of phosphoric ester groups is 2. The second-order valence-electron chi connectivity index (χ2n) is 10.8. The number of imidazole rings is 1. The number of amides is 1. The molecule has 3 aromatic heterocycles. The number of rotatable bonds is 14. The summed E-state index contributed by atoms with van der Waals surface area (Å²) >= 11 is 1.33. The number of ether oxygens (including phenoxy) is 2. The Bertz CT molecular complexity index is 1740. The van der Waals surface area contributed by atoms with Gasteiger partial charge in [-0.3, -0.25) is 18.4 Å². The Morgan fingerprint density at radius 2 is 1.69 bits per heavy atom. The lowest BCUT2D eigenvalue weighted by molar-refractivity contribution is -0.765. The molecule has 0 bridgehead atoms. The summed E-state index contributed by atoms with van der Waals surface area (Å²) in [6, 6.07) is 4.39. The second-order valence-corrected chi connectivity index (χ2v) is 14.9. The summed E-state index contributed by atoms with van der Waals surface area (Å²) in [6.45, 7) is 0.171. The van der Waals surface area contributed by atoms with Gasteiger partial charge in [0, 0.05) is 18.0 Å². The van der Waals surface area contributed by atoms with Crippen molar-refractivity contribution in [3.63, 3.8) is 0 Å². The maximum absolute atomic E-state index is 12.6. The highest BCUT2D eigenvalue weighted by atomic mass is 32.2. The van der Waals surface area contributed by atoms with Crippen molar-refractivity contribution in [2.45, 2.75) is 67.6 Å². The summed E-state index contributed by atoms with van der Waals surface area (Å²) in [5.74, 6) is -0.117. The third-order valence-corrected chi connectivity index (χ3v) is 11.1. The van der Waals surface area contributed by atoms with E-state index in [4.69, 9.17) is 30.0 Å². The van der Waals surface area contributed by atoms with Crippen LogP contribution in [0.4, 0.5) is 5.69 Å². The van der Waals surface area contributed by atoms with Crippen molar-refractivity contribution in [2.24, 2.45) is 5.73 Å². The summed E-state index contributed by atoms with van der Waals surface area (Å²) in [5.41, 5.74) is 12.3. The van der Waals surface area contributed by atoms with Crippen LogP contribution in [0.3, 0.4) is 0 Å². The second kappa shape index (κ2) is 14.7. The molecule has 0 spiro atoms. The molecule has 0 aliphatic carbocycles. The number of nitrogens with zero attached hydrogens (tertiary/aromatic N) is 4. The molecule has 1 amide bonds. The number of nitrogens with two attached hydrogens (primary N) is 2. The molecule has 2 aliphatic rings. The molecule has 10 N–H and O–H groups in total. The average Bonchev–Trinajstić information content (AvgIpc) is 3.64. The SMILES string of the molecule is CCCSc1nc2c(N)ccnc2n1[C@@H]1O[C@H](COP(=O)(O)OP(=O)(O)OC[C@@H]2O[C@H]([n+]3cccc(C(N)=O)c3)[C@H](O)C2O)[C@H](O)C1O. The highest BCUT2D eigenvalue weighted by Crippen LogP contribution is 2.60. The Kier molecular flexibility index (Phi) is 11.2. The Morgan fingerprint density at radius 1 is 1.04 bits per heavy atom. The lowest BCUT2D eigenvalue weighted by Crippen LogP contribution is -2.46. The third-order valence-electron chi connectivity index (χ3n) is 7.35. The van der Waals surface area contributed by atoms with Gasteiger partial charge in [-0.15, -0.1) is 0 Å². The number of carbonyl (C=O) groups excluding carboxylic acids is 1. The predicted octanol–water partition coefficient (Wildman–Crippen LogP) is -0.909. The summed E-state index contributed by atoms with van der Waals surface area (Å²) < 4.78 is 53.0. The van der Waals surface area contributed by atoms with Gasteiger partial charge in [0.05, 0.1) is 18.9 Å². The number of hydrogen-bond acceptors (Lipinski definition) is 16. The van der Waals surface area contributed by atoms with Crippen molar-refractivity contribution in [3.8, 4) is 0 Å². The van der Waals surface area contributed by atoms with E-state index in [-0.39, 0.29) is 11.2 Å². The molecule has 5 heterocycles. The number of aliphatic hydroxyl groups is 4. The molecular formula is C25H35N6O14P2S+. The number of pyridine rings is 2. The highest BCUT2D eigenvalue weighted by Gasteiger charge is 2.50. The van der Waals surface area contributed by atoms with Crippen molar-refractivity contribution in [1.29, 1.82) is 0 Å². The Morgan fingerprint density at radius 3 is 2.33 bits per heavy atom. The smallest absolute Gasteiger partial charge is 0.397 e. The Balaban J connectivity index is 1.19. The number of nitrogen functional groups attached to an aromatic ring is 1.